The summed E-state index contributed by atoms with van der Waals surface area (Å²) in [5, 5.41) is 6.73. The van der Waals surface area contributed by atoms with Crippen LogP contribution in [0.15, 0.2) is 24.4 Å². The zero-order chi connectivity index (χ0) is 9.68. The summed E-state index contributed by atoms with van der Waals surface area (Å²) >= 11 is 0. The van der Waals surface area contributed by atoms with Gasteiger partial charge in [0.2, 0.25) is 5.91 Å². The van der Waals surface area contributed by atoms with Crippen molar-refractivity contribution in [2.24, 2.45) is 7.05 Å². The van der Waals surface area contributed by atoms with Crippen molar-refractivity contribution in [2.45, 2.75) is 13.5 Å². The lowest BCUT2D eigenvalue weighted by molar-refractivity contribution is -0.116. The van der Waals surface area contributed by atoms with Crippen LogP contribution in [0.5, 0.6) is 0 Å². The molecule has 1 rings (SSSR count). The highest BCUT2D eigenvalue weighted by Crippen LogP contribution is 1.94. The number of aromatic nitrogens is 2. The third-order valence-corrected chi connectivity index (χ3v) is 1.68. The second-order valence-electron chi connectivity index (χ2n) is 2.66. The highest BCUT2D eigenvalue weighted by atomic mass is 16.1. The molecule has 0 unspecified atom stereocenters. The quantitative estimate of drug-likeness (QED) is 0.691. The Labute approximate surface area is 77.3 Å². The molecule has 0 fully saturated rings. The molecule has 70 valence electrons. The fourth-order valence-corrected chi connectivity index (χ4v) is 0.963. The number of hydrogen-bond acceptors (Lipinski definition) is 2. The van der Waals surface area contributed by atoms with Crippen LogP contribution in [-0.2, 0) is 18.4 Å². The Bertz CT molecular complexity index is 314. The van der Waals surface area contributed by atoms with Crippen molar-refractivity contribution in [2.75, 3.05) is 0 Å². The Balaban J connectivity index is 2.44. The van der Waals surface area contributed by atoms with Gasteiger partial charge in [0.05, 0.1) is 12.2 Å². The van der Waals surface area contributed by atoms with E-state index >= 15 is 0 Å². The first-order chi connectivity index (χ1) is 6.24. The molecule has 4 heteroatoms. The highest BCUT2D eigenvalue weighted by molar-refractivity contribution is 5.87. The number of carbonyl (C=O) groups is 1. The number of allylic oxidation sites excluding steroid dienone is 1. The molecule has 0 saturated carbocycles. The number of nitrogens with one attached hydrogen (secondary N) is 1. The average Bonchev–Trinajstić information content (AvgIpc) is 2.48. The van der Waals surface area contributed by atoms with Gasteiger partial charge in [-0.15, -0.1) is 0 Å². The van der Waals surface area contributed by atoms with Crippen LogP contribution in [0.4, 0.5) is 0 Å². The van der Waals surface area contributed by atoms with Gasteiger partial charge in [0, 0.05) is 13.2 Å². The molecule has 0 saturated heterocycles. The van der Waals surface area contributed by atoms with Gasteiger partial charge in [-0.2, -0.15) is 5.10 Å². The van der Waals surface area contributed by atoms with E-state index in [0.29, 0.717) is 6.54 Å². The van der Waals surface area contributed by atoms with E-state index < -0.39 is 0 Å². The summed E-state index contributed by atoms with van der Waals surface area (Å²) < 4.78 is 1.73. The molecular formula is C9H13N3O. The number of rotatable bonds is 3. The first-order valence-electron chi connectivity index (χ1n) is 4.11. The molecule has 0 spiro atoms. The van der Waals surface area contributed by atoms with Gasteiger partial charge in [-0.3, -0.25) is 9.48 Å². The Morgan fingerprint density at radius 3 is 3.08 bits per heavy atom. The summed E-state index contributed by atoms with van der Waals surface area (Å²) in [5.41, 5.74) is 0.984. The molecule has 1 N–H and O–H groups in total. The zero-order valence-corrected chi connectivity index (χ0v) is 7.82. The largest absolute Gasteiger partial charge is 0.347 e. The second-order valence-corrected chi connectivity index (χ2v) is 2.66. The predicted molar refractivity (Wildman–Crippen MR) is 49.9 cm³/mol. The number of carbonyl (C=O) groups excluding carboxylic acids is 1. The molecular weight excluding hydrogens is 166 g/mol. The van der Waals surface area contributed by atoms with Crippen LogP contribution in [-0.4, -0.2) is 15.7 Å². The molecule has 0 aliphatic heterocycles. The fourth-order valence-electron chi connectivity index (χ4n) is 0.963. The van der Waals surface area contributed by atoms with Crippen molar-refractivity contribution < 1.29 is 4.79 Å². The number of hydrogen-bond donors (Lipinski definition) is 1. The van der Waals surface area contributed by atoms with E-state index in [2.05, 4.69) is 10.4 Å². The summed E-state index contributed by atoms with van der Waals surface area (Å²) in [6.07, 6.45) is 4.91. The van der Waals surface area contributed by atoms with Crippen molar-refractivity contribution in [1.29, 1.82) is 0 Å². The van der Waals surface area contributed by atoms with Gasteiger partial charge < -0.3 is 5.32 Å². The molecule has 0 bridgehead atoms. The van der Waals surface area contributed by atoms with E-state index in [0.717, 1.165) is 5.69 Å². The van der Waals surface area contributed by atoms with Crippen molar-refractivity contribution in [3.05, 3.63) is 30.1 Å². The molecule has 0 aliphatic carbocycles. The summed E-state index contributed by atoms with van der Waals surface area (Å²) in [4.78, 5) is 11.0. The van der Waals surface area contributed by atoms with Gasteiger partial charge in [0.15, 0.2) is 0 Å². The van der Waals surface area contributed by atoms with E-state index in [-0.39, 0.29) is 5.91 Å². The van der Waals surface area contributed by atoms with E-state index in [1.165, 1.54) is 6.08 Å². The molecule has 4 nitrogen and oxygen atoms in total. The Morgan fingerprint density at radius 1 is 1.77 bits per heavy atom. The Morgan fingerprint density at radius 2 is 2.54 bits per heavy atom. The lowest BCUT2D eigenvalue weighted by Gasteiger charge is -2.01. The topological polar surface area (TPSA) is 46.9 Å². The molecule has 1 aromatic rings. The second kappa shape index (κ2) is 4.45. The van der Waals surface area contributed by atoms with Crippen LogP contribution in [0.2, 0.25) is 0 Å². The third-order valence-electron chi connectivity index (χ3n) is 1.68. The minimum atomic E-state index is -0.0799. The summed E-state index contributed by atoms with van der Waals surface area (Å²) in [6, 6.07) is 1.87. The maximum Gasteiger partial charge on any atom is 0.243 e. The minimum Gasteiger partial charge on any atom is -0.347 e. The van der Waals surface area contributed by atoms with E-state index in [1.807, 2.05) is 20.0 Å². The maximum atomic E-state index is 11.0. The molecule has 1 heterocycles. The van der Waals surface area contributed by atoms with Gasteiger partial charge in [-0.05, 0) is 19.1 Å². The first-order valence-corrected chi connectivity index (χ1v) is 4.11. The first kappa shape index (κ1) is 9.51. The maximum absolute atomic E-state index is 11.0. The van der Waals surface area contributed by atoms with Gasteiger partial charge in [-0.1, -0.05) is 6.08 Å². The van der Waals surface area contributed by atoms with Gasteiger partial charge >= 0.3 is 0 Å². The Hall–Kier alpha value is -1.58. The number of nitrogens with zero attached hydrogens (tertiary/aromatic N) is 2. The summed E-state index contributed by atoms with van der Waals surface area (Å²) in [7, 11) is 1.84. The van der Waals surface area contributed by atoms with Crippen LogP contribution >= 0.6 is 0 Å². The number of amides is 1. The lowest BCUT2D eigenvalue weighted by Crippen LogP contribution is -2.21. The van der Waals surface area contributed by atoms with Crippen LogP contribution in [0.3, 0.4) is 0 Å². The van der Waals surface area contributed by atoms with Crippen molar-refractivity contribution in [1.82, 2.24) is 15.1 Å². The summed E-state index contributed by atoms with van der Waals surface area (Å²) in [6.45, 7) is 2.32. The monoisotopic (exact) mass is 179 g/mol. The molecule has 1 amide bonds. The minimum absolute atomic E-state index is 0.0799. The molecule has 0 aromatic carbocycles. The van der Waals surface area contributed by atoms with E-state index in [4.69, 9.17) is 0 Å². The van der Waals surface area contributed by atoms with E-state index in [9.17, 15) is 4.79 Å². The molecule has 0 radical (unpaired) electrons. The number of aryl methyl sites for hydroxylation is 1. The van der Waals surface area contributed by atoms with Crippen LogP contribution in [0.25, 0.3) is 0 Å². The lowest BCUT2D eigenvalue weighted by atomic mass is 10.4. The smallest absolute Gasteiger partial charge is 0.243 e. The molecule has 1 aromatic heterocycles. The van der Waals surface area contributed by atoms with Crippen molar-refractivity contribution >= 4 is 5.91 Å². The van der Waals surface area contributed by atoms with Crippen LogP contribution in [0.1, 0.15) is 12.6 Å². The van der Waals surface area contributed by atoms with Gasteiger partial charge in [-0.25, -0.2) is 0 Å². The molecule has 0 aliphatic rings. The molecule has 13 heavy (non-hydrogen) atoms. The zero-order valence-electron chi connectivity index (χ0n) is 7.82. The van der Waals surface area contributed by atoms with Crippen molar-refractivity contribution in [3.63, 3.8) is 0 Å². The molecule has 0 atom stereocenters. The summed E-state index contributed by atoms with van der Waals surface area (Å²) in [5.74, 6) is -0.0799. The third kappa shape index (κ3) is 2.74. The predicted octanol–water partition coefficient (Wildman–Crippen LogP) is 0.612. The van der Waals surface area contributed by atoms with Gasteiger partial charge in [0.1, 0.15) is 0 Å². The van der Waals surface area contributed by atoms with Crippen LogP contribution < -0.4 is 5.32 Å². The average molecular weight is 179 g/mol. The fraction of sp³-hybridized carbons (Fsp3) is 0.333. The SMILES string of the molecule is CC=CC(=O)NCc1ccnn1C. The Kier molecular flexibility index (Phi) is 3.25. The normalized spacial score (nSPS) is 10.6. The van der Waals surface area contributed by atoms with Gasteiger partial charge in [0.25, 0.3) is 0 Å². The van der Waals surface area contributed by atoms with Crippen LogP contribution in [0, 0.1) is 0 Å². The highest BCUT2D eigenvalue weighted by Gasteiger charge is 1.99. The standard InChI is InChI=1S/C9H13N3O/c1-3-4-9(13)10-7-8-5-6-11-12(8)2/h3-6H,7H2,1-2H3,(H,10,13). The van der Waals surface area contributed by atoms with Crippen molar-refractivity contribution in [3.8, 4) is 0 Å². The van der Waals surface area contributed by atoms with E-state index in [1.54, 1.807) is 17.0 Å².